The van der Waals surface area contributed by atoms with E-state index in [9.17, 15) is 4.79 Å². The van der Waals surface area contributed by atoms with Gasteiger partial charge in [-0.15, -0.1) is 22.7 Å². The third-order valence-electron chi connectivity index (χ3n) is 5.08. The highest BCUT2D eigenvalue weighted by Gasteiger charge is 2.32. The average Bonchev–Trinajstić information content (AvgIpc) is 3.40. The molecule has 0 fully saturated rings. The maximum atomic E-state index is 13.3. The van der Waals surface area contributed by atoms with Gasteiger partial charge in [-0.3, -0.25) is 9.69 Å². The number of anilines is 1. The number of hydrogen-bond donors (Lipinski definition) is 0. The Morgan fingerprint density at radius 2 is 2.14 bits per heavy atom. The van der Waals surface area contributed by atoms with Crippen LogP contribution < -0.4 is 4.90 Å². The molecule has 1 aromatic carbocycles. The lowest BCUT2D eigenvalue weighted by molar-refractivity contribution is -0.120. The molecule has 29 heavy (non-hydrogen) atoms. The Balaban J connectivity index is 1.60. The first-order valence-electron chi connectivity index (χ1n) is 9.44. The maximum absolute atomic E-state index is 13.3. The number of nitrogens with zero attached hydrogens (tertiary/aromatic N) is 3. The normalized spacial score (nSPS) is 16.2. The minimum atomic E-state index is -0.0113. The lowest BCUT2D eigenvalue weighted by Crippen LogP contribution is -2.44. The van der Waals surface area contributed by atoms with Gasteiger partial charge in [0, 0.05) is 33.6 Å². The fraction of sp³-hybridized carbons (Fsp3) is 0.273. The zero-order chi connectivity index (χ0) is 20.2. The highest BCUT2D eigenvalue weighted by Crippen LogP contribution is 2.39. The molecule has 0 N–H and O–H groups in total. The molecule has 1 aliphatic rings. The first-order valence-corrected chi connectivity index (χ1v) is 11.6. The second-order valence-electron chi connectivity index (χ2n) is 6.87. The number of thiophene rings is 2. The SMILES string of the molecule is N#CCCN(C(=O)CN1CCc2sccc2[C@@H]1c1cccs1)c1cccc(Cl)c1. The van der Waals surface area contributed by atoms with Crippen molar-refractivity contribution in [3.63, 3.8) is 0 Å². The van der Waals surface area contributed by atoms with Crippen molar-refractivity contribution in [1.82, 2.24) is 4.90 Å². The molecule has 3 aromatic rings. The number of rotatable bonds is 6. The van der Waals surface area contributed by atoms with E-state index < -0.39 is 0 Å². The summed E-state index contributed by atoms with van der Waals surface area (Å²) in [6.45, 7) is 1.50. The minimum absolute atomic E-state index is 0.0113. The summed E-state index contributed by atoms with van der Waals surface area (Å²) in [5.74, 6) is -0.0113. The summed E-state index contributed by atoms with van der Waals surface area (Å²) in [5, 5.41) is 13.9. The largest absolute Gasteiger partial charge is 0.310 e. The van der Waals surface area contributed by atoms with Gasteiger partial charge in [0.2, 0.25) is 5.91 Å². The van der Waals surface area contributed by atoms with Crippen LogP contribution in [-0.4, -0.2) is 30.4 Å². The van der Waals surface area contributed by atoms with Crippen LogP contribution in [0, 0.1) is 11.3 Å². The molecule has 2 aromatic heterocycles. The predicted octanol–water partition coefficient (Wildman–Crippen LogP) is 5.36. The molecule has 0 bridgehead atoms. The molecular formula is C22H20ClN3OS2. The molecule has 0 saturated carbocycles. The second-order valence-corrected chi connectivity index (χ2v) is 9.29. The molecule has 0 saturated heterocycles. The number of halogens is 1. The number of carbonyl (C=O) groups excluding carboxylic acids is 1. The Bertz CT molecular complexity index is 1020. The van der Waals surface area contributed by atoms with Gasteiger partial charge in [0.15, 0.2) is 0 Å². The topological polar surface area (TPSA) is 47.3 Å². The van der Waals surface area contributed by atoms with Gasteiger partial charge in [-0.2, -0.15) is 5.26 Å². The Labute approximate surface area is 183 Å². The Morgan fingerprint density at radius 3 is 2.90 bits per heavy atom. The van der Waals surface area contributed by atoms with Gasteiger partial charge in [-0.25, -0.2) is 0 Å². The van der Waals surface area contributed by atoms with Crippen molar-refractivity contribution in [1.29, 1.82) is 5.26 Å². The smallest absolute Gasteiger partial charge is 0.241 e. The van der Waals surface area contributed by atoms with Crippen LogP contribution in [-0.2, 0) is 11.2 Å². The van der Waals surface area contributed by atoms with Crippen molar-refractivity contribution in [2.45, 2.75) is 18.9 Å². The molecule has 148 valence electrons. The summed E-state index contributed by atoms with van der Waals surface area (Å²) in [6, 6.07) is 15.9. The number of fused-ring (bicyclic) bond motifs is 1. The maximum Gasteiger partial charge on any atom is 0.241 e. The number of benzene rings is 1. The van der Waals surface area contributed by atoms with Crippen molar-refractivity contribution < 1.29 is 4.79 Å². The molecule has 1 aliphatic heterocycles. The van der Waals surface area contributed by atoms with Gasteiger partial charge < -0.3 is 4.90 Å². The van der Waals surface area contributed by atoms with Gasteiger partial charge in [0.1, 0.15) is 0 Å². The van der Waals surface area contributed by atoms with Crippen LogP contribution in [0.25, 0.3) is 0 Å². The first kappa shape index (κ1) is 20.1. The average molecular weight is 442 g/mol. The monoisotopic (exact) mass is 441 g/mol. The van der Waals surface area contributed by atoms with Gasteiger partial charge in [-0.05, 0) is 53.1 Å². The zero-order valence-corrected chi connectivity index (χ0v) is 18.1. The molecule has 0 radical (unpaired) electrons. The van der Waals surface area contributed by atoms with Crippen molar-refractivity contribution in [3.05, 3.63) is 73.6 Å². The highest BCUT2D eigenvalue weighted by atomic mass is 35.5. The summed E-state index contributed by atoms with van der Waals surface area (Å²) in [7, 11) is 0. The van der Waals surface area contributed by atoms with Crippen LogP contribution in [0.3, 0.4) is 0 Å². The van der Waals surface area contributed by atoms with Crippen LogP contribution in [0.2, 0.25) is 5.02 Å². The molecule has 1 amide bonds. The third-order valence-corrected chi connectivity index (χ3v) is 7.24. The standard InChI is InChI=1S/C22H20ClN3OS2/c23-16-4-1-5-17(14-16)26(10-3-9-24)21(27)15-25-11-7-19-18(8-13-29-19)22(25)20-6-2-12-28-20/h1-2,4-6,8,12-14,22H,3,7,10-11,15H2/t22-/m1/s1. The van der Waals surface area contributed by atoms with Crippen LogP contribution in [0.4, 0.5) is 5.69 Å². The quantitative estimate of drug-likeness (QED) is 0.517. The fourth-order valence-electron chi connectivity index (χ4n) is 3.78. The van der Waals surface area contributed by atoms with Crippen LogP contribution in [0.5, 0.6) is 0 Å². The number of carbonyl (C=O) groups is 1. The first-order chi connectivity index (χ1) is 14.2. The summed E-state index contributed by atoms with van der Waals surface area (Å²) >= 11 is 9.66. The lowest BCUT2D eigenvalue weighted by Gasteiger charge is -2.36. The van der Waals surface area contributed by atoms with E-state index in [0.717, 1.165) is 18.7 Å². The van der Waals surface area contributed by atoms with Gasteiger partial charge in [-0.1, -0.05) is 23.7 Å². The molecular weight excluding hydrogens is 422 g/mol. The van der Waals surface area contributed by atoms with Gasteiger partial charge >= 0.3 is 0 Å². The van der Waals surface area contributed by atoms with E-state index in [0.29, 0.717) is 18.1 Å². The van der Waals surface area contributed by atoms with E-state index in [-0.39, 0.29) is 18.4 Å². The zero-order valence-electron chi connectivity index (χ0n) is 15.8. The second kappa shape index (κ2) is 9.10. The Hall–Kier alpha value is -2.17. The number of amides is 1. The molecule has 4 rings (SSSR count). The Kier molecular flexibility index (Phi) is 6.31. The fourth-order valence-corrected chi connectivity index (χ4v) is 5.75. The van der Waals surface area contributed by atoms with Gasteiger partial charge in [0.25, 0.3) is 0 Å². The molecule has 1 atom stereocenters. The van der Waals surface area contributed by atoms with Crippen molar-refractivity contribution >= 4 is 45.9 Å². The molecule has 4 nitrogen and oxygen atoms in total. The van der Waals surface area contributed by atoms with Crippen LogP contribution >= 0.6 is 34.3 Å². The molecule has 0 spiro atoms. The summed E-state index contributed by atoms with van der Waals surface area (Å²) < 4.78 is 0. The molecule has 0 unspecified atom stereocenters. The predicted molar refractivity (Wildman–Crippen MR) is 120 cm³/mol. The summed E-state index contributed by atoms with van der Waals surface area (Å²) in [5.41, 5.74) is 2.04. The van der Waals surface area contributed by atoms with Crippen molar-refractivity contribution in [2.24, 2.45) is 0 Å². The van der Waals surface area contributed by atoms with Crippen LogP contribution in [0.1, 0.15) is 27.8 Å². The van der Waals surface area contributed by atoms with E-state index in [2.05, 4.69) is 39.9 Å². The molecule has 0 aliphatic carbocycles. The van der Waals surface area contributed by atoms with E-state index in [4.69, 9.17) is 16.9 Å². The van der Waals surface area contributed by atoms with Crippen LogP contribution in [0.15, 0.2) is 53.2 Å². The minimum Gasteiger partial charge on any atom is -0.310 e. The van der Waals surface area contributed by atoms with E-state index >= 15 is 0 Å². The van der Waals surface area contributed by atoms with Crippen molar-refractivity contribution in [2.75, 3.05) is 24.5 Å². The van der Waals surface area contributed by atoms with Gasteiger partial charge in [0.05, 0.1) is 25.1 Å². The summed E-state index contributed by atoms with van der Waals surface area (Å²) in [4.78, 5) is 19.9. The lowest BCUT2D eigenvalue weighted by atomic mass is 9.98. The van der Waals surface area contributed by atoms with E-state index in [1.54, 1.807) is 39.7 Å². The number of hydrogen-bond acceptors (Lipinski definition) is 5. The molecule has 3 heterocycles. The highest BCUT2D eigenvalue weighted by molar-refractivity contribution is 7.10. The van der Waals surface area contributed by atoms with Crippen molar-refractivity contribution in [3.8, 4) is 6.07 Å². The molecule has 7 heteroatoms. The van der Waals surface area contributed by atoms with E-state index in [1.807, 2.05) is 12.1 Å². The third kappa shape index (κ3) is 4.39. The van der Waals surface area contributed by atoms with E-state index in [1.165, 1.54) is 15.3 Å². The number of nitriles is 1. The Morgan fingerprint density at radius 1 is 1.24 bits per heavy atom. The summed E-state index contributed by atoms with van der Waals surface area (Å²) in [6.07, 6.45) is 1.23.